The summed E-state index contributed by atoms with van der Waals surface area (Å²) in [6.07, 6.45) is 0. The van der Waals surface area contributed by atoms with Crippen molar-refractivity contribution in [2.45, 2.75) is 19.9 Å². The molecule has 0 radical (unpaired) electrons. The van der Waals surface area contributed by atoms with Gasteiger partial charge < -0.3 is 16.0 Å². The molecule has 3 N–H and O–H groups in total. The van der Waals surface area contributed by atoms with Crippen LogP contribution in [0.15, 0.2) is 12.1 Å². The van der Waals surface area contributed by atoms with Crippen LogP contribution in [0.3, 0.4) is 0 Å². The minimum Gasteiger partial charge on any atom is -0.357 e. The Kier molecular flexibility index (Phi) is 5.04. The van der Waals surface area contributed by atoms with Crippen molar-refractivity contribution in [3.05, 3.63) is 17.8 Å². The maximum atomic E-state index is 11.4. The summed E-state index contributed by atoms with van der Waals surface area (Å²) in [6, 6.07) is 2.74. The van der Waals surface area contributed by atoms with Crippen molar-refractivity contribution in [2.75, 3.05) is 18.9 Å². The van der Waals surface area contributed by atoms with Crippen molar-refractivity contribution in [2.24, 2.45) is 0 Å². The molecule has 0 aliphatic heterocycles. The van der Waals surface area contributed by atoms with Gasteiger partial charge in [0.15, 0.2) is 5.69 Å². The van der Waals surface area contributed by atoms with Gasteiger partial charge in [-0.3, -0.25) is 9.59 Å². The zero-order valence-electron chi connectivity index (χ0n) is 10.7. The number of hydrogen-bond donors (Lipinski definition) is 3. The van der Waals surface area contributed by atoms with Gasteiger partial charge in [-0.2, -0.15) is 0 Å². The highest BCUT2D eigenvalue weighted by Gasteiger charge is 2.12. The van der Waals surface area contributed by atoms with Gasteiger partial charge >= 0.3 is 0 Å². The van der Waals surface area contributed by atoms with Crippen LogP contribution in [-0.4, -0.2) is 41.6 Å². The topological polar surface area (TPSA) is 96.0 Å². The second-order valence-corrected chi connectivity index (χ2v) is 3.64. The first kappa shape index (κ1) is 13.9. The molecule has 0 saturated carbocycles. The van der Waals surface area contributed by atoms with Crippen LogP contribution in [0.2, 0.25) is 0 Å². The van der Waals surface area contributed by atoms with Gasteiger partial charge in [0.25, 0.3) is 5.91 Å². The molecule has 1 atom stereocenters. The molecule has 0 spiro atoms. The molecular formula is C11H17N5O2. The molecule has 1 aromatic rings. The number of carbonyl (C=O) groups excluding carboxylic acids is 2. The Labute approximate surface area is 105 Å². The molecule has 0 bridgehead atoms. The van der Waals surface area contributed by atoms with Gasteiger partial charge in [-0.1, -0.05) is 0 Å². The monoisotopic (exact) mass is 251 g/mol. The Hall–Kier alpha value is -2.18. The highest BCUT2D eigenvalue weighted by Crippen LogP contribution is 2.04. The summed E-state index contributed by atoms with van der Waals surface area (Å²) < 4.78 is 0. The fraction of sp³-hybridized carbons (Fsp3) is 0.455. The average molecular weight is 251 g/mol. The van der Waals surface area contributed by atoms with Crippen molar-refractivity contribution < 1.29 is 9.59 Å². The van der Waals surface area contributed by atoms with Crippen LogP contribution >= 0.6 is 0 Å². The lowest BCUT2D eigenvalue weighted by atomic mass is 10.3. The van der Waals surface area contributed by atoms with Gasteiger partial charge in [0.05, 0.1) is 0 Å². The molecule has 1 aromatic heterocycles. The van der Waals surface area contributed by atoms with E-state index in [4.69, 9.17) is 0 Å². The number of aromatic nitrogens is 2. The lowest BCUT2D eigenvalue weighted by molar-refractivity contribution is -0.121. The second-order valence-electron chi connectivity index (χ2n) is 3.64. The summed E-state index contributed by atoms with van der Waals surface area (Å²) >= 11 is 0. The van der Waals surface area contributed by atoms with Crippen molar-refractivity contribution in [1.82, 2.24) is 20.8 Å². The van der Waals surface area contributed by atoms with E-state index < -0.39 is 6.04 Å². The largest absolute Gasteiger partial charge is 0.357 e. The second kappa shape index (κ2) is 6.53. The van der Waals surface area contributed by atoms with Gasteiger partial charge in [-0.15, -0.1) is 10.2 Å². The van der Waals surface area contributed by atoms with Gasteiger partial charge in [0.1, 0.15) is 11.9 Å². The van der Waals surface area contributed by atoms with Crippen LogP contribution in [-0.2, 0) is 4.79 Å². The molecule has 18 heavy (non-hydrogen) atoms. The first-order valence-corrected chi connectivity index (χ1v) is 5.68. The predicted octanol–water partition coefficient (Wildman–Crippen LogP) is -0.227. The fourth-order valence-corrected chi connectivity index (χ4v) is 1.29. The Morgan fingerprint density at radius 3 is 2.56 bits per heavy atom. The molecule has 7 nitrogen and oxygen atoms in total. The molecule has 0 saturated heterocycles. The molecular weight excluding hydrogens is 234 g/mol. The van der Waals surface area contributed by atoms with Gasteiger partial charge in [0.2, 0.25) is 5.91 Å². The first-order chi connectivity index (χ1) is 8.58. The summed E-state index contributed by atoms with van der Waals surface area (Å²) in [7, 11) is 1.56. The Morgan fingerprint density at radius 2 is 2.06 bits per heavy atom. The van der Waals surface area contributed by atoms with E-state index in [1.54, 1.807) is 26.1 Å². The maximum absolute atomic E-state index is 11.4. The Bertz CT molecular complexity index is 418. The number of nitrogens with one attached hydrogen (secondary N) is 3. The fourth-order valence-electron chi connectivity index (χ4n) is 1.29. The van der Waals surface area contributed by atoms with Crippen LogP contribution < -0.4 is 16.0 Å². The number of carbonyl (C=O) groups is 2. The molecule has 1 unspecified atom stereocenters. The number of anilines is 1. The molecule has 0 fully saturated rings. The molecule has 1 rings (SSSR count). The van der Waals surface area contributed by atoms with Crippen LogP contribution in [0, 0.1) is 0 Å². The lowest BCUT2D eigenvalue weighted by Gasteiger charge is -2.12. The first-order valence-electron chi connectivity index (χ1n) is 5.68. The van der Waals surface area contributed by atoms with E-state index in [1.165, 1.54) is 0 Å². The molecule has 0 aliphatic rings. The lowest BCUT2D eigenvalue weighted by Crippen LogP contribution is -2.35. The summed E-state index contributed by atoms with van der Waals surface area (Å²) in [5.74, 6) is 0.0275. The zero-order chi connectivity index (χ0) is 13.5. The van der Waals surface area contributed by atoms with E-state index in [1.807, 2.05) is 6.92 Å². The molecule has 0 aromatic carbocycles. The van der Waals surface area contributed by atoms with Gasteiger partial charge in [0, 0.05) is 13.6 Å². The molecule has 7 heteroatoms. The Morgan fingerprint density at radius 1 is 1.33 bits per heavy atom. The summed E-state index contributed by atoms with van der Waals surface area (Å²) in [6.45, 7) is 4.07. The van der Waals surface area contributed by atoms with E-state index in [2.05, 4.69) is 26.1 Å². The number of nitrogens with zero attached hydrogens (tertiary/aromatic N) is 2. The third-order valence-corrected chi connectivity index (χ3v) is 2.24. The predicted molar refractivity (Wildman–Crippen MR) is 67.2 cm³/mol. The average Bonchev–Trinajstić information content (AvgIpc) is 2.38. The highest BCUT2D eigenvalue weighted by molar-refractivity contribution is 5.92. The summed E-state index contributed by atoms with van der Waals surface area (Å²) in [4.78, 5) is 22.7. The van der Waals surface area contributed by atoms with Crippen molar-refractivity contribution in [1.29, 1.82) is 0 Å². The number of hydrogen-bond acceptors (Lipinski definition) is 5. The smallest absolute Gasteiger partial charge is 0.271 e. The normalized spacial score (nSPS) is 11.5. The summed E-state index contributed by atoms with van der Waals surface area (Å²) in [5.41, 5.74) is 0.245. The van der Waals surface area contributed by atoms with E-state index in [9.17, 15) is 9.59 Å². The van der Waals surface area contributed by atoms with E-state index in [0.29, 0.717) is 12.4 Å². The number of amides is 2. The molecule has 2 amide bonds. The minimum absolute atomic E-state index is 0.149. The van der Waals surface area contributed by atoms with Crippen molar-refractivity contribution in [3.8, 4) is 0 Å². The summed E-state index contributed by atoms with van der Waals surface area (Å²) in [5, 5.41) is 15.6. The van der Waals surface area contributed by atoms with Crippen LogP contribution in [0.5, 0.6) is 0 Å². The zero-order valence-corrected chi connectivity index (χ0v) is 10.7. The Balaban J connectivity index is 2.65. The third kappa shape index (κ3) is 3.69. The van der Waals surface area contributed by atoms with E-state index in [-0.39, 0.29) is 17.5 Å². The molecule has 98 valence electrons. The van der Waals surface area contributed by atoms with Gasteiger partial charge in [-0.05, 0) is 26.0 Å². The number of likely N-dealkylation sites (N-methyl/N-ethyl adjacent to an activating group) is 1. The van der Waals surface area contributed by atoms with Crippen LogP contribution in [0.1, 0.15) is 24.3 Å². The minimum atomic E-state index is -0.417. The maximum Gasteiger partial charge on any atom is 0.271 e. The van der Waals surface area contributed by atoms with Crippen molar-refractivity contribution >= 4 is 17.6 Å². The number of rotatable bonds is 5. The highest BCUT2D eigenvalue weighted by atomic mass is 16.2. The van der Waals surface area contributed by atoms with E-state index >= 15 is 0 Å². The van der Waals surface area contributed by atoms with Crippen LogP contribution in [0.25, 0.3) is 0 Å². The van der Waals surface area contributed by atoms with Crippen LogP contribution in [0.4, 0.5) is 5.82 Å². The quantitative estimate of drug-likeness (QED) is 0.672. The molecule has 1 heterocycles. The SMILES string of the molecule is CCNC(=O)c1ccc(NC(C)C(=O)NC)nn1. The van der Waals surface area contributed by atoms with Gasteiger partial charge in [-0.25, -0.2) is 0 Å². The molecule has 0 aliphatic carbocycles. The van der Waals surface area contributed by atoms with Crippen molar-refractivity contribution in [3.63, 3.8) is 0 Å². The third-order valence-electron chi connectivity index (χ3n) is 2.24. The standard InChI is InChI=1S/C11H17N5O2/c1-4-13-11(18)8-5-6-9(16-15-8)14-7(2)10(17)12-3/h5-7H,4H2,1-3H3,(H,12,17)(H,13,18)(H,14,16). The van der Waals surface area contributed by atoms with E-state index in [0.717, 1.165) is 0 Å².